The highest BCUT2D eigenvalue weighted by Crippen LogP contribution is 2.23. The molecule has 7 nitrogen and oxygen atoms in total. The first-order chi connectivity index (χ1) is 14.7. The van der Waals surface area contributed by atoms with Crippen molar-refractivity contribution in [1.82, 2.24) is 15.6 Å². The predicted octanol–water partition coefficient (Wildman–Crippen LogP) is 3.95. The van der Waals surface area contributed by atoms with Gasteiger partial charge in [0.25, 0.3) is 0 Å². The summed E-state index contributed by atoms with van der Waals surface area (Å²) in [5.41, 5.74) is 2.34. The maximum Gasteiger partial charge on any atom is 0.422 e. The van der Waals surface area contributed by atoms with E-state index < -0.39 is 12.8 Å². The fraction of sp³-hybridized carbons (Fsp3) is 0.381. The van der Waals surface area contributed by atoms with E-state index in [0.717, 1.165) is 11.1 Å². The molecular formula is C21H27F3IN5O2. The summed E-state index contributed by atoms with van der Waals surface area (Å²) < 4.78 is 42.4. The number of carbonyl (C=O) groups excluding carboxylic acids is 1. The van der Waals surface area contributed by atoms with Crippen molar-refractivity contribution < 1.29 is 22.7 Å². The van der Waals surface area contributed by atoms with E-state index in [-0.39, 0.29) is 48.6 Å². The van der Waals surface area contributed by atoms with Crippen LogP contribution in [0.15, 0.2) is 41.5 Å². The van der Waals surface area contributed by atoms with Crippen LogP contribution in [0.3, 0.4) is 0 Å². The van der Waals surface area contributed by atoms with Crippen LogP contribution >= 0.6 is 24.0 Å². The SMILES string of the molecule is CN=C(NCCC(=O)Nc1ccc(C)cn1)NCc1ccc(C)cc1OCC(F)(F)F.I. The molecule has 0 radical (unpaired) electrons. The summed E-state index contributed by atoms with van der Waals surface area (Å²) in [6.45, 7) is 2.83. The van der Waals surface area contributed by atoms with Crippen molar-refractivity contribution in [3.05, 3.63) is 53.2 Å². The zero-order chi connectivity index (χ0) is 22.9. The molecule has 176 valence electrons. The largest absolute Gasteiger partial charge is 0.484 e. The number of rotatable bonds is 8. The molecule has 0 unspecified atom stereocenters. The zero-order valence-electron chi connectivity index (χ0n) is 18.0. The monoisotopic (exact) mass is 565 g/mol. The number of alkyl halides is 3. The Morgan fingerprint density at radius 2 is 1.84 bits per heavy atom. The number of hydrogen-bond donors (Lipinski definition) is 3. The second-order valence-electron chi connectivity index (χ2n) is 6.89. The first-order valence-electron chi connectivity index (χ1n) is 9.62. The highest BCUT2D eigenvalue weighted by Gasteiger charge is 2.28. The van der Waals surface area contributed by atoms with E-state index in [1.807, 2.05) is 13.0 Å². The number of ether oxygens (including phenoxy) is 1. The Morgan fingerprint density at radius 1 is 1.12 bits per heavy atom. The Bertz CT molecular complexity index is 905. The van der Waals surface area contributed by atoms with E-state index in [4.69, 9.17) is 4.74 Å². The summed E-state index contributed by atoms with van der Waals surface area (Å²) in [7, 11) is 1.56. The van der Waals surface area contributed by atoms with Gasteiger partial charge in [-0.15, -0.1) is 24.0 Å². The van der Waals surface area contributed by atoms with Crippen LogP contribution in [0.25, 0.3) is 0 Å². The van der Waals surface area contributed by atoms with Crippen LogP contribution in [0.1, 0.15) is 23.1 Å². The van der Waals surface area contributed by atoms with Crippen molar-refractivity contribution >= 4 is 41.7 Å². The maximum absolute atomic E-state index is 12.5. The van der Waals surface area contributed by atoms with Crippen molar-refractivity contribution in [3.63, 3.8) is 0 Å². The average Bonchev–Trinajstić information content (AvgIpc) is 2.71. The van der Waals surface area contributed by atoms with Gasteiger partial charge < -0.3 is 20.7 Å². The Balaban J connectivity index is 0.00000512. The van der Waals surface area contributed by atoms with E-state index in [0.29, 0.717) is 23.9 Å². The molecule has 11 heteroatoms. The number of aromatic nitrogens is 1. The molecule has 0 spiro atoms. The van der Waals surface area contributed by atoms with E-state index >= 15 is 0 Å². The topological polar surface area (TPSA) is 87.6 Å². The zero-order valence-corrected chi connectivity index (χ0v) is 20.4. The molecule has 0 aliphatic carbocycles. The van der Waals surface area contributed by atoms with Crippen molar-refractivity contribution in [2.75, 3.05) is 25.5 Å². The summed E-state index contributed by atoms with van der Waals surface area (Å²) in [5, 5.41) is 8.69. The lowest BCUT2D eigenvalue weighted by Gasteiger charge is -2.16. The third-order valence-electron chi connectivity index (χ3n) is 4.11. The fourth-order valence-electron chi connectivity index (χ4n) is 2.54. The third kappa shape index (κ3) is 10.2. The number of nitrogens with one attached hydrogen (secondary N) is 3. The Morgan fingerprint density at radius 3 is 2.47 bits per heavy atom. The lowest BCUT2D eigenvalue weighted by molar-refractivity contribution is -0.153. The molecule has 1 aromatic carbocycles. The van der Waals surface area contributed by atoms with Gasteiger partial charge in [-0.05, 0) is 37.1 Å². The van der Waals surface area contributed by atoms with Gasteiger partial charge in [-0.2, -0.15) is 13.2 Å². The quantitative estimate of drug-likeness (QED) is 0.257. The minimum absolute atomic E-state index is 0. The van der Waals surface area contributed by atoms with Gasteiger partial charge in [-0.3, -0.25) is 9.79 Å². The van der Waals surface area contributed by atoms with Crippen molar-refractivity contribution in [1.29, 1.82) is 0 Å². The smallest absolute Gasteiger partial charge is 0.422 e. The number of aryl methyl sites for hydroxylation is 2. The van der Waals surface area contributed by atoms with Crippen LogP contribution in [-0.4, -0.2) is 43.2 Å². The Kier molecular flexibility index (Phi) is 11.2. The first-order valence-corrected chi connectivity index (χ1v) is 9.62. The van der Waals surface area contributed by atoms with Crippen molar-refractivity contribution in [2.45, 2.75) is 33.0 Å². The summed E-state index contributed by atoms with van der Waals surface area (Å²) in [6, 6.07) is 8.62. The van der Waals surface area contributed by atoms with Gasteiger partial charge in [-0.1, -0.05) is 18.2 Å². The molecule has 32 heavy (non-hydrogen) atoms. The normalized spacial score (nSPS) is 11.4. The van der Waals surface area contributed by atoms with Gasteiger partial charge in [-0.25, -0.2) is 4.98 Å². The van der Waals surface area contributed by atoms with Crippen molar-refractivity contribution in [3.8, 4) is 5.75 Å². The van der Waals surface area contributed by atoms with E-state index in [2.05, 4.69) is 25.9 Å². The molecule has 1 aromatic heterocycles. The van der Waals surface area contributed by atoms with E-state index in [1.165, 1.54) is 0 Å². The molecule has 0 saturated heterocycles. The second-order valence-corrected chi connectivity index (χ2v) is 6.89. The number of anilines is 1. The molecular weight excluding hydrogens is 538 g/mol. The number of guanidine groups is 1. The van der Waals surface area contributed by atoms with E-state index in [1.54, 1.807) is 44.4 Å². The fourth-order valence-corrected chi connectivity index (χ4v) is 2.54. The van der Waals surface area contributed by atoms with Gasteiger partial charge in [0.2, 0.25) is 5.91 Å². The van der Waals surface area contributed by atoms with Gasteiger partial charge in [0, 0.05) is 38.3 Å². The Labute approximate surface area is 202 Å². The number of hydrogen-bond acceptors (Lipinski definition) is 4. The molecule has 0 aliphatic heterocycles. The number of pyridine rings is 1. The van der Waals surface area contributed by atoms with Crippen LogP contribution < -0.4 is 20.7 Å². The number of nitrogens with zero attached hydrogens (tertiary/aromatic N) is 2. The molecule has 0 bridgehead atoms. The van der Waals surface area contributed by atoms with E-state index in [9.17, 15) is 18.0 Å². The standard InChI is InChI=1S/C21H26F3N5O2.HI/c1-14-4-6-16(17(10-14)31-13-21(22,23)24)12-28-20(25-3)26-9-8-19(30)29-18-7-5-15(2)11-27-18;/h4-7,10-11H,8-9,12-13H2,1-3H3,(H2,25,26,28)(H,27,29,30);1H. The molecule has 0 fully saturated rings. The van der Waals surface area contributed by atoms with Crippen LogP contribution in [0.2, 0.25) is 0 Å². The van der Waals surface area contributed by atoms with Crippen LogP contribution in [0.5, 0.6) is 5.75 Å². The molecule has 2 aromatic rings. The van der Waals surface area contributed by atoms with Gasteiger partial charge in [0.15, 0.2) is 12.6 Å². The second kappa shape index (κ2) is 13.1. The van der Waals surface area contributed by atoms with Gasteiger partial charge in [0.1, 0.15) is 11.6 Å². The predicted molar refractivity (Wildman–Crippen MR) is 129 cm³/mol. The molecule has 1 amide bonds. The average molecular weight is 565 g/mol. The first kappa shape index (κ1) is 27.5. The maximum atomic E-state index is 12.5. The van der Waals surface area contributed by atoms with Crippen LogP contribution in [-0.2, 0) is 11.3 Å². The highest BCUT2D eigenvalue weighted by atomic mass is 127. The minimum atomic E-state index is -4.42. The minimum Gasteiger partial charge on any atom is -0.484 e. The molecule has 1 heterocycles. The number of aliphatic imine (C=N–C) groups is 1. The number of carbonyl (C=O) groups is 1. The lowest BCUT2D eigenvalue weighted by atomic mass is 10.1. The summed E-state index contributed by atoms with van der Waals surface area (Å²) in [4.78, 5) is 20.2. The molecule has 3 N–H and O–H groups in total. The van der Waals surface area contributed by atoms with Crippen molar-refractivity contribution in [2.24, 2.45) is 4.99 Å². The summed E-state index contributed by atoms with van der Waals surface area (Å²) >= 11 is 0. The highest BCUT2D eigenvalue weighted by molar-refractivity contribution is 14.0. The summed E-state index contributed by atoms with van der Waals surface area (Å²) in [5.74, 6) is 0.832. The molecule has 0 atom stereocenters. The molecule has 0 saturated carbocycles. The number of amides is 1. The van der Waals surface area contributed by atoms with Gasteiger partial charge >= 0.3 is 6.18 Å². The van der Waals surface area contributed by atoms with Crippen LogP contribution in [0.4, 0.5) is 19.0 Å². The molecule has 2 rings (SSSR count). The summed E-state index contributed by atoms with van der Waals surface area (Å²) in [6.07, 6.45) is -2.57. The van der Waals surface area contributed by atoms with Gasteiger partial charge in [0.05, 0.1) is 0 Å². The molecule has 0 aliphatic rings. The lowest BCUT2D eigenvalue weighted by Crippen LogP contribution is -2.38. The van der Waals surface area contributed by atoms with Crippen LogP contribution in [0, 0.1) is 13.8 Å². The number of halogens is 4. The number of benzene rings is 1. The third-order valence-corrected chi connectivity index (χ3v) is 4.11. The Hall–Kier alpha value is -2.57.